The first-order chi connectivity index (χ1) is 22.7. The second-order valence-corrected chi connectivity index (χ2v) is 11.5. The molecule has 6 aromatic rings. The fraction of sp³-hybridized carbons (Fsp3) is 0.222. The molecule has 3 aromatic heterocycles. The summed E-state index contributed by atoms with van der Waals surface area (Å²) >= 11 is 0. The molecule has 0 atom stereocenters. The van der Waals surface area contributed by atoms with Crippen LogP contribution in [0.4, 0.5) is 18.9 Å². The zero-order chi connectivity index (χ0) is 32.7. The second kappa shape index (κ2) is 12.1. The Morgan fingerprint density at radius 1 is 0.830 bits per heavy atom. The van der Waals surface area contributed by atoms with Crippen LogP contribution in [0.2, 0.25) is 0 Å². The number of piperazine rings is 1. The van der Waals surface area contributed by atoms with Gasteiger partial charge in [-0.2, -0.15) is 13.2 Å². The Bertz CT molecular complexity index is 2210. The lowest BCUT2D eigenvalue weighted by molar-refractivity contribution is -0.137. The number of amides is 1. The van der Waals surface area contributed by atoms with E-state index in [9.17, 15) is 22.8 Å². The third-order valence-electron chi connectivity index (χ3n) is 8.68. The Balaban J connectivity index is 1.32. The van der Waals surface area contributed by atoms with Gasteiger partial charge < -0.3 is 14.5 Å². The number of ether oxygens (including phenoxy) is 1. The van der Waals surface area contributed by atoms with Crippen LogP contribution in [-0.2, 0) is 15.7 Å². The highest BCUT2D eigenvalue weighted by atomic mass is 19.4. The van der Waals surface area contributed by atoms with Gasteiger partial charge >= 0.3 is 6.18 Å². The summed E-state index contributed by atoms with van der Waals surface area (Å²) in [7, 11) is 1.51. The number of methoxy groups -OCH3 is 1. The maximum absolute atomic E-state index is 14.7. The van der Waals surface area contributed by atoms with Gasteiger partial charge in [0.2, 0.25) is 5.91 Å². The van der Waals surface area contributed by atoms with E-state index in [1.807, 2.05) is 48.5 Å². The second-order valence-electron chi connectivity index (χ2n) is 11.5. The van der Waals surface area contributed by atoms with Gasteiger partial charge in [0, 0.05) is 79.2 Å². The lowest BCUT2D eigenvalue weighted by Crippen LogP contribution is -2.49. The zero-order valence-electron chi connectivity index (χ0n) is 25.5. The van der Waals surface area contributed by atoms with Crippen LogP contribution in [0.15, 0.2) is 96.1 Å². The minimum absolute atomic E-state index is 0.0103. The van der Waals surface area contributed by atoms with Gasteiger partial charge in [0.15, 0.2) is 0 Å². The Labute approximate surface area is 267 Å². The van der Waals surface area contributed by atoms with Gasteiger partial charge in [-0.05, 0) is 54.1 Å². The lowest BCUT2D eigenvalue weighted by atomic mass is 10.0. The summed E-state index contributed by atoms with van der Waals surface area (Å²) in [5.74, 6) is -0.0880. The molecule has 47 heavy (non-hydrogen) atoms. The summed E-state index contributed by atoms with van der Waals surface area (Å²) < 4.78 is 50.3. The number of anilines is 1. The van der Waals surface area contributed by atoms with Crippen LogP contribution in [-0.4, -0.2) is 65.2 Å². The number of hydrogen-bond donors (Lipinski definition) is 0. The number of hydrogen-bond acceptors (Lipinski definition) is 6. The normalized spacial score (nSPS) is 14.0. The number of benzene rings is 3. The number of rotatable bonds is 6. The van der Waals surface area contributed by atoms with Crippen LogP contribution in [0.25, 0.3) is 49.5 Å². The van der Waals surface area contributed by atoms with Gasteiger partial charge in [-0.1, -0.05) is 24.3 Å². The summed E-state index contributed by atoms with van der Waals surface area (Å²) in [6, 6.07) is 22.4. The maximum atomic E-state index is 14.7. The fourth-order valence-electron chi connectivity index (χ4n) is 6.29. The van der Waals surface area contributed by atoms with E-state index >= 15 is 0 Å². The smallest absolute Gasteiger partial charge is 0.384 e. The van der Waals surface area contributed by atoms with Crippen molar-refractivity contribution >= 4 is 44.3 Å². The fourth-order valence-corrected chi connectivity index (χ4v) is 6.29. The van der Waals surface area contributed by atoms with E-state index in [4.69, 9.17) is 4.74 Å². The first kappa shape index (κ1) is 30.4. The van der Waals surface area contributed by atoms with Gasteiger partial charge in [0.25, 0.3) is 5.56 Å². The summed E-state index contributed by atoms with van der Waals surface area (Å²) in [4.78, 5) is 38.4. The van der Waals surface area contributed by atoms with E-state index in [1.165, 1.54) is 23.8 Å². The molecule has 0 N–H and O–H groups in total. The van der Waals surface area contributed by atoms with E-state index < -0.39 is 17.3 Å². The molecule has 8 nitrogen and oxygen atoms in total. The van der Waals surface area contributed by atoms with Gasteiger partial charge in [0.1, 0.15) is 0 Å². The molecule has 1 aliphatic heterocycles. The Hall–Kier alpha value is -5.29. The highest BCUT2D eigenvalue weighted by molar-refractivity contribution is 6.05. The molecule has 0 saturated carbocycles. The Morgan fingerprint density at radius 2 is 1.62 bits per heavy atom. The molecule has 1 amide bonds. The number of halogens is 3. The van der Waals surface area contributed by atoms with E-state index in [-0.39, 0.29) is 36.8 Å². The van der Waals surface area contributed by atoms with Crippen LogP contribution in [0.1, 0.15) is 12.0 Å². The molecule has 1 aliphatic rings. The highest BCUT2D eigenvalue weighted by Gasteiger charge is 2.36. The van der Waals surface area contributed by atoms with Gasteiger partial charge in [-0.25, -0.2) is 0 Å². The molecule has 0 radical (unpaired) electrons. The Morgan fingerprint density at radius 3 is 2.40 bits per heavy atom. The number of fused-ring (bicyclic) bond motifs is 4. The first-order valence-electron chi connectivity index (χ1n) is 15.2. The molecular formula is C36H30F3N5O3. The molecule has 3 aromatic carbocycles. The van der Waals surface area contributed by atoms with Crippen LogP contribution in [0.5, 0.6) is 0 Å². The highest BCUT2D eigenvalue weighted by Crippen LogP contribution is 2.39. The van der Waals surface area contributed by atoms with Crippen LogP contribution < -0.4 is 10.5 Å². The van der Waals surface area contributed by atoms with Crippen molar-refractivity contribution in [2.75, 3.05) is 44.8 Å². The molecule has 1 saturated heterocycles. The third-order valence-corrected chi connectivity index (χ3v) is 8.68. The largest absolute Gasteiger partial charge is 0.418 e. The van der Waals surface area contributed by atoms with E-state index in [1.54, 1.807) is 34.3 Å². The van der Waals surface area contributed by atoms with Crippen molar-refractivity contribution in [3.05, 3.63) is 107 Å². The van der Waals surface area contributed by atoms with Crippen LogP contribution in [0, 0.1) is 0 Å². The minimum atomic E-state index is -4.69. The molecule has 0 spiro atoms. The average molecular weight is 638 g/mol. The number of alkyl halides is 3. The lowest BCUT2D eigenvalue weighted by Gasteiger charge is -2.37. The molecule has 7 rings (SSSR count). The summed E-state index contributed by atoms with van der Waals surface area (Å²) in [5.41, 5.74) is 2.40. The topological polar surface area (TPSA) is 80.6 Å². The standard InChI is InChI=1S/C36H30F3N5O3/c1-47-17-12-33(45)43-15-13-42(14-16-43)32-10-8-27(20-29(32)36(37,38)39)44-34(46)11-7-25-21-41-31-9-6-23(19-28(31)35(25)44)26-18-24-4-2-3-5-30(24)40-22-26/h2-11,18-22H,12-17H2,1H3. The molecule has 1 fully saturated rings. The molecular weight excluding hydrogens is 607 g/mol. The average Bonchev–Trinajstić information content (AvgIpc) is 3.09. The SMILES string of the molecule is COCCC(=O)N1CCN(c2ccc(-n3c(=O)ccc4cnc5ccc(-c6cnc7ccccc7c6)cc5c43)cc2C(F)(F)F)CC1. The van der Waals surface area contributed by atoms with E-state index in [0.29, 0.717) is 41.5 Å². The molecule has 238 valence electrons. The van der Waals surface area contributed by atoms with Crippen molar-refractivity contribution in [3.63, 3.8) is 0 Å². The van der Waals surface area contributed by atoms with Crippen molar-refractivity contribution in [2.24, 2.45) is 0 Å². The van der Waals surface area contributed by atoms with Crippen molar-refractivity contribution in [1.29, 1.82) is 0 Å². The quantitative estimate of drug-likeness (QED) is 0.195. The number of pyridine rings is 3. The van der Waals surface area contributed by atoms with Crippen molar-refractivity contribution in [1.82, 2.24) is 19.4 Å². The monoisotopic (exact) mass is 637 g/mol. The zero-order valence-corrected chi connectivity index (χ0v) is 25.5. The van der Waals surface area contributed by atoms with Gasteiger partial charge in [-0.15, -0.1) is 0 Å². The molecule has 0 aliphatic carbocycles. The van der Waals surface area contributed by atoms with Gasteiger partial charge in [-0.3, -0.25) is 24.1 Å². The van der Waals surface area contributed by atoms with Crippen LogP contribution in [0.3, 0.4) is 0 Å². The molecule has 11 heteroatoms. The van der Waals surface area contributed by atoms with E-state index in [0.717, 1.165) is 28.1 Å². The summed E-state index contributed by atoms with van der Waals surface area (Å²) in [6.45, 7) is 1.40. The van der Waals surface area contributed by atoms with Crippen molar-refractivity contribution in [3.8, 4) is 16.8 Å². The van der Waals surface area contributed by atoms with Crippen molar-refractivity contribution < 1.29 is 22.7 Å². The molecule has 0 unspecified atom stereocenters. The number of carbonyl (C=O) groups excluding carboxylic acids is 1. The first-order valence-corrected chi connectivity index (χ1v) is 15.2. The molecule has 4 heterocycles. The minimum Gasteiger partial charge on any atom is -0.384 e. The number of nitrogens with zero attached hydrogens (tertiary/aromatic N) is 5. The van der Waals surface area contributed by atoms with Crippen LogP contribution >= 0.6 is 0 Å². The maximum Gasteiger partial charge on any atom is 0.418 e. The van der Waals surface area contributed by atoms with E-state index in [2.05, 4.69) is 9.97 Å². The summed E-state index contributed by atoms with van der Waals surface area (Å²) in [5, 5.41) is 2.20. The van der Waals surface area contributed by atoms with Gasteiger partial charge in [0.05, 0.1) is 40.8 Å². The number of para-hydroxylation sites is 1. The molecule has 0 bridgehead atoms. The van der Waals surface area contributed by atoms with Crippen molar-refractivity contribution in [2.45, 2.75) is 12.6 Å². The predicted molar refractivity (Wildman–Crippen MR) is 176 cm³/mol. The predicted octanol–water partition coefficient (Wildman–Crippen LogP) is 6.46. The Kier molecular flexibility index (Phi) is 7.85. The summed E-state index contributed by atoms with van der Waals surface area (Å²) in [6.07, 6.45) is -1.06. The third kappa shape index (κ3) is 5.78. The number of aromatic nitrogens is 3. The number of carbonyl (C=O) groups is 1.